The van der Waals surface area contributed by atoms with Crippen LogP contribution < -0.4 is 0 Å². The van der Waals surface area contributed by atoms with Gasteiger partial charge in [-0.15, -0.1) is 0 Å². The van der Waals surface area contributed by atoms with E-state index in [0.29, 0.717) is 11.3 Å². The molecule has 3 fully saturated rings. The summed E-state index contributed by atoms with van der Waals surface area (Å²) in [7, 11) is 0. The molecule has 3 unspecified atom stereocenters. The van der Waals surface area contributed by atoms with Gasteiger partial charge in [0, 0.05) is 0 Å². The van der Waals surface area contributed by atoms with Crippen molar-refractivity contribution in [2.24, 2.45) is 46.3 Å². The van der Waals surface area contributed by atoms with Crippen LogP contribution in [0, 0.1) is 46.3 Å². The van der Waals surface area contributed by atoms with E-state index in [1.165, 1.54) is 50.5 Å². The molecule has 4 aliphatic rings. The molecule has 3 saturated carbocycles. The van der Waals surface area contributed by atoms with Gasteiger partial charge in [-0.2, -0.15) is 0 Å². The summed E-state index contributed by atoms with van der Waals surface area (Å²) in [4.78, 5) is 0. The smallest absolute Gasteiger partial charge is 0.110 e. The summed E-state index contributed by atoms with van der Waals surface area (Å²) in [5.41, 5.74) is 2.28. The molecular weight excluding hydrogens is 483 g/mol. The van der Waals surface area contributed by atoms with Crippen LogP contribution >= 0.6 is 23.0 Å². The van der Waals surface area contributed by atoms with Gasteiger partial charge in [0.15, 0.2) is 0 Å². The number of rotatable bonds is 6. The zero-order chi connectivity index (χ0) is 21.7. The molecule has 0 spiro atoms. The van der Waals surface area contributed by atoms with Crippen LogP contribution in [0.4, 0.5) is 0 Å². The highest BCUT2D eigenvalue weighted by Gasteiger charge is 2.61. The summed E-state index contributed by atoms with van der Waals surface area (Å²) in [5, 5.41) is 10.3. The van der Waals surface area contributed by atoms with Crippen LogP contribution in [0.5, 0.6) is 0 Å². The topological polar surface area (TPSA) is 29.5 Å². The Morgan fingerprint density at radius 3 is 2.53 bits per heavy atom. The molecule has 0 aromatic carbocycles. The predicted octanol–water partition coefficient (Wildman–Crippen LogP) is 7.73. The number of aliphatic hydroxyl groups excluding tert-OH is 1. The molecular formula is C27H45IO2. The molecule has 3 heteroatoms. The third-order valence-corrected chi connectivity index (χ3v) is 11.0. The molecule has 2 nitrogen and oxygen atoms in total. The first-order chi connectivity index (χ1) is 14.2. The van der Waals surface area contributed by atoms with Crippen molar-refractivity contribution in [3.8, 4) is 0 Å². The standard InChI is InChI=1S/C27H45IO2/c1-17(2)7-6-8-18(3)21-9-10-22-25-23(12-14-27(21,22)5)26(4)13-11-20(29)15-19(26)16-24(25)30-28/h16-18,20-25,29H,6-15H2,1-5H3/t18-,20+,21?,22?,23?,24+,25+,26+,27-/m1/s1. The number of aliphatic hydroxyl groups is 1. The van der Waals surface area contributed by atoms with Crippen molar-refractivity contribution in [1.82, 2.24) is 0 Å². The van der Waals surface area contributed by atoms with Gasteiger partial charge in [-0.05, 0) is 91.3 Å². The summed E-state index contributed by atoms with van der Waals surface area (Å²) in [6.45, 7) is 12.5. The molecule has 0 amide bonds. The maximum atomic E-state index is 10.3. The van der Waals surface area contributed by atoms with Crippen molar-refractivity contribution in [2.75, 3.05) is 0 Å². The summed E-state index contributed by atoms with van der Waals surface area (Å²) in [6.07, 6.45) is 15.3. The molecule has 30 heavy (non-hydrogen) atoms. The van der Waals surface area contributed by atoms with E-state index in [2.05, 4.69) is 63.7 Å². The fourth-order valence-corrected chi connectivity index (χ4v) is 9.20. The average Bonchev–Trinajstić information content (AvgIpc) is 3.05. The molecule has 1 N–H and O–H groups in total. The Morgan fingerprint density at radius 2 is 1.83 bits per heavy atom. The fourth-order valence-electron chi connectivity index (χ4n) is 8.71. The highest BCUT2D eigenvalue weighted by Crippen LogP contribution is 2.67. The van der Waals surface area contributed by atoms with Gasteiger partial charge in [-0.1, -0.05) is 65.5 Å². The van der Waals surface area contributed by atoms with E-state index in [4.69, 9.17) is 3.07 Å². The minimum absolute atomic E-state index is 0.146. The summed E-state index contributed by atoms with van der Waals surface area (Å²) >= 11 is 2.16. The lowest BCUT2D eigenvalue weighted by Crippen LogP contribution is -2.55. The first kappa shape index (κ1) is 23.5. The van der Waals surface area contributed by atoms with Crippen LogP contribution in [0.1, 0.15) is 98.8 Å². The van der Waals surface area contributed by atoms with Crippen molar-refractivity contribution in [3.05, 3.63) is 11.6 Å². The van der Waals surface area contributed by atoms with Crippen molar-refractivity contribution in [2.45, 2.75) is 111 Å². The minimum atomic E-state index is -0.146. The second-order valence-electron chi connectivity index (χ2n) is 12.4. The Labute approximate surface area is 199 Å². The van der Waals surface area contributed by atoms with Crippen LogP contribution in [0.2, 0.25) is 0 Å². The number of halogens is 1. The second-order valence-corrected chi connectivity index (χ2v) is 12.9. The van der Waals surface area contributed by atoms with Gasteiger partial charge in [-0.25, -0.2) is 0 Å². The molecule has 172 valence electrons. The van der Waals surface area contributed by atoms with Gasteiger partial charge in [0.25, 0.3) is 0 Å². The summed E-state index contributed by atoms with van der Waals surface area (Å²) < 4.78 is 6.14. The number of hydrogen-bond acceptors (Lipinski definition) is 2. The first-order valence-corrected chi connectivity index (χ1v) is 13.8. The molecule has 0 aromatic rings. The van der Waals surface area contributed by atoms with Gasteiger partial charge in [-0.3, -0.25) is 0 Å². The molecule has 0 radical (unpaired) electrons. The second kappa shape index (κ2) is 8.97. The lowest BCUT2D eigenvalue weighted by Gasteiger charge is -2.59. The molecule has 0 heterocycles. The van der Waals surface area contributed by atoms with Crippen LogP contribution in [0.25, 0.3) is 0 Å². The Bertz CT molecular complexity index is 645. The van der Waals surface area contributed by atoms with Gasteiger partial charge in [0.05, 0.1) is 12.2 Å². The third kappa shape index (κ3) is 3.95. The van der Waals surface area contributed by atoms with E-state index in [-0.39, 0.29) is 17.6 Å². The molecule has 0 bridgehead atoms. The fraction of sp³-hybridized carbons (Fsp3) is 0.926. The molecule has 9 atom stereocenters. The average molecular weight is 529 g/mol. The predicted molar refractivity (Wildman–Crippen MR) is 133 cm³/mol. The number of hydrogen-bond donors (Lipinski definition) is 1. The van der Waals surface area contributed by atoms with Crippen LogP contribution in [0.3, 0.4) is 0 Å². The van der Waals surface area contributed by atoms with Crippen LogP contribution in [-0.4, -0.2) is 17.3 Å². The van der Waals surface area contributed by atoms with E-state index in [1.807, 2.05) is 0 Å². The molecule has 4 aliphatic carbocycles. The lowest BCUT2D eigenvalue weighted by atomic mass is 9.46. The van der Waals surface area contributed by atoms with Crippen molar-refractivity contribution < 1.29 is 8.17 Å². The zero-order valence-corrected chi connectivity index (χ0v) is 22.2. The monoisotopic (exact) mass is 528 g/mol. The van der Waals surface area contributed by atoms with Gasteiger partial charge < -0.3 is 8.17 Å². The quantitative estimate of drug-likeness (QED) is 0.282. The van der Waals surface area contributed by atoms with E-state index >= 15 is 0 Å². The number of fused-ring (bicyclic) bond motifs is 5. The van der Waals surface area contributed by atoms with Gasteiger partial charge in [0.2, 0.25) is 0 Å². The Hall–Kier alpha value is 0.390. The Kier molecular flexibility index (Phi) is 7.04. The van der Waals surface area contributed by atoms with Crippen LogP contribution in [-0.2, 0) is 3.07 Å². The van der Waals surface area contributed by atoms with Gasteiger partial charge >= 0.3 is 0 Å². The van der Waals surface area contributed by atoms with E-state index in [0.717, 1.165) is 48.9 Å². The SMILES string of the molecule is CC(C)CCC[C@@H](C)C1CCC2[C@H]3C(CC[C@@]21C)[C@@]1(C)CC[C@H](O)CC1=C[C@@H]3OI. The maximum absolute atomic E-state index is 10.3. The third-order valence-electron chi connectivity index (χ3n) is 10.4. The largest absolute Gasteiger partial charge is 0.393 e. The lowest BCUT2D eigenvalue weighted by molar-refractivity contribution is -0.0848. The van der Waals surface area contributed by atoms with Crippen molar-refractivity contribution in [3.63, 3.8) is 0 Å². The molecule has 0 aromatic heterocycles. The Balaban J connectivity index is 1.56. The van der Waals surface area contributed by atoms with Crippen LogP contribution in [0.15, 0.2) is 11.6 Å². The maximum Gasteiger partial charge on any atom is 0.110 e. The van der Waals surface area contributed by atoms with Crippen molar-refractivity contribution in [1.29, 1.82) is 0 Å². The van der Waals surface area contributed by atoms with E-state index in [1.54, 1.807) is 0 Å². The molecule has 0 saturated heterocycles. The Morgan fingerprint density at radius 1 is 1.07 bits per heavy atom. The van der Waals surface area contributed by atoms with Gasteiger partial charge in [0.1, 0.15) is 23.0 Å². The van der Waals surface area contributed by atoms with E-state index in [9.17, 15) is 5.11 Å². The highest BCUT2D eigenvalue weighted by molar-refractivity contribution is 14.1. The molecule has 0 aliphatic heterocycles. The van der Waals surface area contributed by atoms with Crippen molar-refractivity contribution >= 4 is 23.0 Å². The summed E-state index contributed by atoms with van der Waals surface area (Å²) in [6, 6.07) is 0. The highest BCUT2D eigenvalue weighted by atomic mass is 127. The normalized spacial score (nSPS) is 46.7. The summed E-state index contributed by atoms with van der Waals surface area (Å²) in [5.74, 6) is 4.77. The zero-order valence-electron chi connectivity index (χ0n) is 20.0. The van der Waals surface area contributed by atoms with E-state index < -0.39 is 0 Å². The first-order valence-electron chi connectivity index (χ1n) is 12.9. The molecule has 4 rings (SSSR count). The minimum Gasteiger partial charge on any atom is -0.393 e.